The summed E-state index contributed by atoms with van der Waals surface area (Å²) in [5.41, 5.74) is 2.29. The third-order valence-electron chi connectivity index (χ3n) is 2.87. The third-order valence-corrected chi connectivity index (χ3v) is 2.87. The SMILES string of the molecule is CCCC=Cc1ccc2nc(C(=O)OC)ccc2c1. The quantitative estimate of drug-likeness (QED) is 0.779. The maximum Gasteiger partial charge on any atom is 0.356 e. The van der Waals surface area contributed by atoms with Crippen molar-refractivity contribution in [1.29, 1.82) is 0 Å². The molecule has 0 N–H and O–H groups in total. The van der Waals surface area contributed by atoms with E-state index < -0.39 is 5.97 Å². The van der Waals surface area contributed by atoms with Gasteiger partial charge in [0.15, 0.2) is 0 Å². The van der Waals surface area contributed by atoms with Gasteiger partial charge in [0.1, 0.15) is 5.69 Å². The number of allylic oxidation sites excluding steroid dienone is 1. The Balaban J connectivity index is 2.32. The van der Waals surface area contributed by atoms with Gasteiger partial charge in [-0.2, -0.15) is 0 Å². The lowest BCUT2D eigenvalue weighted by molar-refractivity contribution is 0.0594. The molecule has 3 nitrogen and oxygen atoms in total. The van der Waals surface area contributed by atoms with Crippen molar-refractivity contribution in [3.05, 3.63) is 47.7 Å². The van der Waals surface area contributed by atoms with Gasteiger partial charge in [0.2, 0.25) is 0 Å². The molecule has 98 valence electrons. The highest BCUT2D eigenvalue weighted by atomic mass is 16.5. The summed E-state index contributed by atoms with van der Waals surface area (Å²) in [5, 5.41) is 1.02. The number of aromatic nitrogens is 1. The summed E-state index contributed by atoms with van der Waals surface area (Å²) in [6.45, 7) is 2.16. The number of carbonyl (C=O) groups excluding carboxylic acids is 1. The van der Waals surface area contributed by atoms with Crippen LogP contribution in [0.25, 0.3) is 17.0 Å². The van der Waals surface area contributed by atoms with Crippen LogP contribution in [-0.4, -0.2) is 18.1 Å². The van der Waals surface area contributed by atoms with Gasteiger partial charge in [0.25, 0.3) is 0 Å². The molecule has 2 rings (SSSR count). The summed E-state index contributed by atoms with van der Waals surface area (Å²) in [6.07, 6.45) is 6.50. The Hall–Kier alpha value is -2.16. The third kappa shape index (κ3) is 3.19. The Morgan fingerprint density at radius 3 is 2.89 bits per heavy atom. The van der Waals surface area contributed by atoms with Crippen LogP contribution in [-0.2, 0) is 4.74 Å². The van der Waals surface area contributed by atoms with Gasteiger partial charge in [-0.05, 0) is 30.2 Å². The van der Waals surface area contributed by atoms with Gasteiger partial charge in [0.05, 0.1) is 12.6 Å². The number of carbonyl (C=O) groups is 1. The fourth-order valence-electron chi connectivity index (χ4n) is 1.85. The maximum atomic E-state index is 11.4. The molecule has 0 spiro atoms. The number of benzene rings is 1. The first-order valence-corrected chi connectivity index (χ1v) is 6.40. The number of hydrogen-bond acceptors (Lipinski definition) is 3. The predicted molar refractivity (Wildman–Crippen MR) is 77.0 cm³/mol. The molecule has 0 radical (unpaired) electrons. The lowest BCUT2D eigenvalue weighted by atomic mass is 10.1. The van der Waals surface area contributed by atoms with E-state index in [2.05, 4.69) is 34.9 Å². The van der Waals surface area contributed by atoms with Crippen molar-refractivity contribution in [3.63, 3.8) is 0 Å². The number of hydrogen-bond donors (Lipinski definition) is 0. The average Bonchev–Trinajstić information content (AvgIpc) is 2.46. The van der Waals surface area contributed by atoms with Gasteiger partial charge in [-0.25, -0.2) is 9.78 Å². The van der Waals surface area contributed by atoms with Crippen LogP contribution in [0.4, 0.5) is 0 Å². The van der Waals surface area contributed by atoms with Crippen LogP contribution in [0, 0.1) is 0 Å². The minimum atomic E-state index is -0.409. The van der Waals surface area contributed by atoms with Crippen molar-refractivity contribution in [1.82, 2.24) is 4.98 Å². The standard InChI is InChI=1S/C16H17NO2/c1-3-4-5-6-12-7-9-14-13(11-12)8-10-15(17-14)16(18)19-2/h5-11H,3-4H2,1-2H3. The van der Waals surface area contributed by atoms with Crippen molar-refractivity contribution < 1.29 is 9.53 Å². The molecule has 0 bridgehead atoms. The van der Waals surface area contributed by atoms with E-state index in [9.17, 15) is 4.79 Å². The summed E-state index contributed by atoms with van der Waals surface area (Å²) in [4.78, 5) is 15.7. The van der Waals surface area contributed by atoms with E-state index in [0.29, 0.717) is 5.69 Å². The van der Waals surface area contributed by atoms with Gasteiger partial charge in [-0.1, -0.05) is 37.6 Å². The fourth-order valence-corrected chi connectivity index (χ4v) is 1.85. The molecule has 1 heterocycles. The lowest BCUT2D eigenvalue weighted by Crippen LogP contribution is -2.03. The molecule has 2 aromatic rings. The smallest absolute Gasteiger partial charge is 0.356 e. The van der Waals surface area contributed by atoms with E-state index in [1.54, 1.807) is 6.07 Å². The van der Waals surface area contributed by atoms with E-state index in [1.165, 1.54) is 7.11 Å². The predicted octanol–water partition coefficient (Wildman–Crippen LogP) is 3.83. The molecule has 19 heavy (non-hydrogen) atoms. The molecule has 1 aromatic heterocycles. The molecule has 0 aliphatic carbocycles. The van der Waals surface area contributed by atoms with Gasteiger partial charge in [-0.3, -0.25) is 0 Å². The van der Waals surface area contributed by atoms with Gasteiger partial charge < -0.3 is 4.74 Å². The van der Waals surface area contributed by atoms with E-state index in [0.717, 1.165) is 29.3 Å². The summed E-state index contributed by atoms with van der Waals surface area (Å²) < 4.78 is 4.66. The summed E-state index contributed by atoms with van der Waals surface area (Å²) in [6, 6.07) is 9.57. The maximum absolute atomic E-state index is 11.4. The number of nitrogens with zero attached hydrogens (tertiary/aromatic N) is 1. The molecule has 0 saturated heterocycles. The van der Waals surface area contributed by atoms with E-state index in [1.807, 2.05) is 18.2 Å². The minimum absolute atomic E-state index is 0.337. The number of esters is 1. The highest BCUT2D eigenvalue weighted by molar-refractivity contribution is 5.91. The first kappa shape index (κ1) is 13.3. The molecular weight excluding hydrogens is 238 g/mol. The Kier molecular flexibility index (Phi) is 4.29. The van der Waals surface area contributed by atoms with Crippen molar-refractivity contribution in [2.75, 3.05) is 7.11 Å². The summed E-state index contributed by atoms with van der Waals surface area (Å²) >= 11 is 0. The van der Waals surface area contributed by atoms with Crippen molar-refractivity contribution in [2.24, 2.45) is 0 Å². The second-order valence-electron chi connectivity index (χ2n) is 4.33. The zero-order chi connectivity index (χ0) is 13.7. The molecular formula is C16H17NO2. The van der Waals surface area contributed by atoms with E-state index in [-0.39, 0.29) is 0 Å². The Labute approximate surface area is 112 Å². The summed E-state index contributed by atoms with van der Waals surface area (Å²) in [7, 11) is 1.36. The lowest BCUT2D eigenvalue weighted by Gasteiger charge is -2.02. The normalized spacial score (nSPS) is 11.1. The van der Waals surface area contributed by atoms with Crippen LogP contribution < -0.4 is 0 Å². The first-order chi connectivity index (χ1) is 9.24. The van der Waals surface area contributed by atoms with Crippen LogP contribution >= 0.6 is 0 Å². The monoisotopic (exact) mass is 255 g/mol. The first-order valence-electron chi connectivity index (χ1n) is 6.40. The van der Waals surface area contributed by atoms with Crippen LogP contribution in [0.2, 0.25) is 0 Å². The second kappa shape index (κ2) is 6.14. The number of ether oxygens (including phenoxy) is 1. The van der Waals surface area contributed by atoms with Crippen LogP contribution in [0.3, 0.4) is 0 Å². The van der Waals surface area contributed by atoms with E-state index >= 15 is 0 Å². The number of rotatable bonds is 4. The van der Waals surface area contributed by atoms with Crippen LogP contribution in [0.15, 0.2) is 36.4 Å². The Morgan fingerprint density at radius 1 is 1.32 bits per heavy atom. The Bertz CT molecular complexity index is 617. The van der Waals surface area contributed by atoms with E-state index in [4.69, 9.17) is 0 Å². The highest BCUT2D eigenvalue weighted by Crippen LogP contribution is 2.16. The second-order valence-corrected chi connectivity index (χ2v) is 4.33. The molecule has 0 atom stereocenters. The number of pyridine rings is 1. The van der Waals surface area contributed by atoms with Gasteiger partial charge in [0, 0.05) is 5.39 Å². The zero-order valence-electron chi connectivity index (χ0n) is 11.2. The molecule has 0 amide bonds. The van der Waals surface area contributed by atoms with Crippen molar-refractivity contribution >= 4 is 22.9 Å². The Morgan fingerprint density at radius 2 is 2.16 bits per heavy atom. The average molecular weight is 255 g/mol. The number of methoxy groups -OCH3 is 1. The van der Waals surface area contributed by atoms with Gasteiger partial charge >= 0.3 is 5.97 Å². The summed E-state index contributed by atoms with van der Waals surface area (Å²) in [5.74, 6) is -0.409. The van der Waals surface area contributed by atoms with Crippen LogP contribution in [0.5, 0.6) is 0 Å². The number of fused-ring (bicyclic) bond motifs is 1. The topological polar surface area (TPSA) is 39.2 Å². The highest BCUT2D eigenvalue weighted by Gasteiger charge is 2.07. The molecule has 0 unspecified atom stereocenters. The zero-order valence-corrected chi connectivity index (χ0v) is 11.2. The fraction of sp³-hybridized carbons (Fsp3) is 0.250. The minimum Gasteiger partial charge on any atom is -0.464 e. The van der Waals surface area contributed by atoms with Gasteiger partial charge in [-0.15, -0.1) is 0 Å². The molecule has 0 saturated carbocycles. The molecule has 0 aliphatic heterocycles. The van der Waals surface area contributed by atoms with Crippen molar-refractivity contribution in [3.8, 4) is 0 Å². The van der Waals surface area contributed by atoms with Crippen molar-refractivity contribution in [2.45, 2.75) is 19.8 Å². The molecule has 0 aliphatic rings. The largest absolute Gasteiger partial charge is 0.464 e. The number of unbranched alkanes of at least 4 members (excludes halogenated alkanes) is 1. The molecule has 3 heteroatoms. The van der Waals surface area contributed by atoms with Crippen LogP contribution in [0.1, 0.15) is 35.8 Å². The molecule has 1 aromatic carbocycles. The molecule has 0 fully saturated rings.